The SMILES string of the molecule is CCN(c1nc(N2CC2)nc(N2CC2)n1)C1COC(C)(C)OC1. The van der Waals surface area contributed by atoms with Gasteiger partial charge >= 0.3 is 0 Å². The van der Waals surface area contributed by atoms with Crippen LogP contribution in [0.3, 0.4) is 0 Å². The fourth-order valence-electron chi connectivity index (χ4n) is 2.68. The van der Waals surface area contributed by atoms with Crippen molar-refractivity contribution < 1.29 is 9.47 Å². The molecule has 8 heteroatoms. The summed E-state index contributed by atoms with van der Waals surface area (Å²) in [4.78, 5) is 20.4. The molecule has 0 saturated carbocycles. The Labute approximate surface area is 136 Å². The fraction of sp³-hybridized carbons (Fsp3) is 0.800. The van der Waals surface area contributed by atoms with Gasteiger partial charge in [-0.2, -0.15) is 15.0 Å². The van der Waals surface area contributed by atoms with Gasteiger partial charge in [0.25, 0.3) is 0 Å². The summed E-state index contributed by atoms with van der Waals surface area (Å²) in [5.41, 5.74) is 0. The number of ether oxygens (including phenoxy) is 2. The highest BCUT2D eigenvalue weighted by Crippen LogP contribution is 2.27. The van der Waals surface area contributed by atoms with Crippen molar-refractivity contribution in [3.63, 3.8) is 0 Å². The molecule has 0 radical (unpaired) electrons. The van der Waals surface area contributed by atoms with Gasteiger partial charge in [0, 0.05) is 32.7 Å². The normalized spacial score (nSPS) is 23.1. The van der Waals surface area contributed by atoms with Crippen molar-refractivity contribution in [3.8, 4) is 0 Å². The molecule has 3 aliphatic heterocycles. The number of likely N-dealkylation sites (N-methyl/N-ethyl adjacent to an activating group) is 1. The molecule has 3 aliphatic rings. The monoisotopic (exact) mass is 320 g/mol. The van der Waals surface area contributed by atoms with Gasteiger partial charge in [0.05, 0.1) is 19.3 Å². The van der Waals surface area contributed by atoms with Crippen molar-refractivity contribution in [3.05, 3.63) is 0 Å². The number of rotatable bonds is 5. The maximum atomic E-state index is 5.81. The molecule has 0 N–H and O–H groups in total. The zero-order valence-corrected chi connectivity index (χ0v) is 14.0. The van der Waals surface area contributed by atoms with Crippen LogP contribution in [-0.2, 0) is 9.47 Å². The molecule has 0 bridgehead atoms. The lowest BCUT2D eigenvalue weighted by Crippen LogP contribution is -2.51. The van der Waals surface area contributed by atoms with Crippen LogP contribution >= 0.6 is 0 Å². The van der Waals surface area contributed by atoms with Crippen LogP contribution in [0.2, 0.25) is 0 Å². The van der Waals surface area contributed by atoms with Crippen molar-refractivity contribution in [2.75, 3.05) is 60.6 Å². The average Bonchev–Trinajstić information content (AvgIpc) is 3.40. The van der Waals surface area contributed by atoms with E-state index in [1.165, 1.54) is 0 Å². The van der Waals surface area contributed by atoms with Gasteiger partial charge in [0.1, 0.15) is 0 Å². The molecule has 3 fully saturated rings. The molecule has 0 spiro atoms. The van der Waals surface area contributed by atoms with Crippen molar-refractivity contribution in [2.24, 2.45) is 0 Å². The molecule has 0 aliphatic carbocycles. The van der Waals surface area contributed by atoms with Crippen LogP contribution in [0.4, 0.5) is 17.8 Å². The van der Waals surface area contributed by atoms with Crippen molar-refractivity contribution >= 4 is 17.8 Å². The second-order valence-corrected chi connectivity index (χ2v) is 6.67. The number of aromatic nitrogens is 3. The molecule has 1 aromatic heterocycles. The molecule has 1 aromatic rings. The van der Waals surface area contributed by atoms with Crippen molar-refractivity contribution in [1.29, 1.82) is 0 Å². The van der Waals surface area contributed by atoms with E-state index < -0.39 is 5.79 Å². The smallest absolute Gasteiger partial charge is 0.232 e. The third-order valence-electron chi connectivity index (χ3n) is 4.35. The minimum atomic E-state index is -0.509. The zero-order valence-electron chi connectivity index (χ0n) is 14.0. The molecule has 0 aromatic carbocycles. The van der Waals surface area contributed by atoms with Crippen LogP contribution in [0.25, 0.3) is 0 Å². The number of anilines is 3. The van der Waals surface area contributed by atoms with Gasteiger partial charge in [-0.25, -0.2) is 0 Å². The summed E-state index contributed by atoms with van der Waals surface area (Å²) in [6.07, 6.45) is 0. The first kappa shape index (κ1) is 14.9. The Bertz CT molecular complexity index is 547. The number of hydrogen-bond acceptors (Lipinski definition) is 8. The van der Waals surface area contributed by atoms with Gasteiger partial charge in [-0.15, -0.1) is 0 Å². The number of nitrogens with zero attached hydrogens (tertiary/aromatic N) is 6. The van der Waals surface area contributed by atoms with Gasteiger partial charge < -0.3 is 24.2 Å². The minimum absolute atomic E-state index is 0.125. The molecule has 0 unspecified atom stereocenters. The lowest BCUT2D eigenvalue weighted by Gasteiger charge is -2.39. The summed E-state index contributed by atoms with van der Waals surface area (Å²) in [5, 5.41) is 0. The molecule has 0 atom stereocenters. The molecule has 4 rings (SSSR count). The second kappa shape index (κ2) is 5.45. The van der Waals surface area contributed by atoms with E-state index in [1.54, 1.807) is 0 Å². The Morgan fingerprint density at radius 2 is 1.52 bits per heavy atom. The summed E-state index contributed by atoms with van der Waals surface area (Å²) in [6, 6.07) is 0.125. The van der Waals surface area contributed by atoms with Gasteiger partial charge in [0.15, 0.2) is 5.79 Å². The van der Waals surface area contributed by atoms with E-state index in [0.29, 0.717) is 13.2 Å². The highest BCUT2D eigenvalue weighted by atomic mass is 16.7. The lowest BCUT2D eigenvalue weighted by atomic mass is 10.2. The van der Waals surface area contributed by atoms with Gasteiger partial charge in [0.2, 0.25) is 17.8 Å². The Kier molecular flexibility index (Phi) is 3.53. The van der Waals surface area contributed by atoms with Gasteiger partial charge in [-0.05, 0) is 20.8 Å². The van der Waals surface area contributed by atoms with Crippen LogP contribution in [0.5, 0.6) is 0 Å². The van der Waals surface area contributed by atoms with Crippen LogP contribution in [0, 0.1) is 0 Å². The number of hydrogen-bond donors (Lipinski definition) is 0. The molecule has 0 amide bonds. The van der Waals surface area contributed by atoms with E-state index in [4.69, 9.17) is 9.47 Å². The summed E-state index contributed by atoms with van der Waals surface area (Å²) in [6.45, 7) is 12.1. The highest BCUT2D eigenvalue weighted by molar-refractivity contribution is 5.51. The third kappa shape index (κ3) is 3.18. The maximum absolute atomic E-state index is 5.81. The summed E-state index contributed by atoms with van der Waals surface area (Å²) >= 11 is 0. The first-order valence-electron chi connectivity index (χ1n) is 8.36. The first-order chi connectivity index (χ1) is 11.1. The van der Waals surface area contributed by atoms with E-state index in [-0.39, 0.29) is 6.04 Å². The molecular formula is C15H24N6O2. The predicted octanol–water partition coefficient (Wildman–Crippen LogP) is 0.489. The Balaban J connectivity index is 1.59. The van der Waals surface area contributed by atoms with Crippen LogP contribution < -0.4 is 14.7 Å². The molecule has 4 heterocycles. The average molecular weight is 320 g/mol. The van der Waals surface area contributed by atoms with Gasteiger partial charge in [-0.3, -0.25) is 0 Å². The largest absolute Gasteiger partial charge is 0.348 e. The Hall–Kier alpha value is -1.67. The van der Waals surface area contributed by atoms with E-state index in [9.17, 15) is 0 Å². The van der Waals surface area contributed by atoms with E-state index >= 15 is 0 Å². The molecule has 126 valence electrons. The second-order valence-electron chi connectivity index (χ2n) is 6.67. The van der Waals surface area contributed by atoms with Gasteiger partial charge in [-0.1, -0.05) is 0 Å². The molecular weight excluding hydrogens is 296 g/mol. The Morgan fingerprint density at radius 3 is 1.96 bits per heavy atom. The summed E-state index contributed by atoms with van der Waals surface area (Å²) < 4.78 is 11.6. The summed E-state index contributed by atoms with van der Waals surface area (Å²) in [5.74, 6) is 1.79. The quantitative estimate of drug-likeness (QED) is 0.726. The summed E-state index contributed by atoms with van der Waals surface area (Å²) in [7, 11) is 0. The van der Waals surface area contributed by atoms with Crippen LogP contribution in [0.1, 0.15) is 20.8 Å². The predicted molar refractivity (Wildman–Crippen MR) is 87.0 cm³/mol. The van der Waals surface area contributed by atoms with Crippen molar-refractivity contribution in [1.82, 2.24) is 15.0 Å². The third-order valence-corrected chi connectivity index (χ3v) is 4.35. The van der Waals surface area contributed by atoms with E-state index in [1.807, 2.05) is 13.8 Å². The zero-order chi connectivity index (χ0) is 16.0. The lowest BCUT2D eigenvalue weighted by molar-refractivity contribution is -0.250. The van der Waals surface area contributed by atoms with Crippen LogP contribution in [-0.4, -0.2) is 72.7 Å². The molecule has 23 heavy (non-hydrogen) atoms. The first-order valence-corrected chi connectivity index (χ1v) is 8.36. The van der Waals surface area contributed by atoms with Crippen LogP contribution in [0.15, 0.2) is 0 Å². The van der Waals surface area contributed by atoms with E-state index in [2.05, 4.69) is 36.6 Å². The highest BCUT2D eigenvalue weighted by Gasteiger charge is 2.34. The Morgan fingerprint density at radius 1 is 1.00 bits per heavy atom. The minimum Gasteiger partial charge on any atom is -0.348 e. The maximum Gasteiger partial charge on any atom is 0.232 e. The van der Waals surface area contributed by atoms with E-state index in [0.717, 1.165) is 50.6 Å². The topological polar surface area (TPSA) is 66.4 Å². The fourth-order valence-corrected chi connectivity index (χ4v) is 2.68. The molecule has 3 saturated heterocycles. The molecule has 8 nitrogen and oxygen atoms in total. The van der Waals surface area contributed by atoms with Crippen molar-refractivity contribution in [2.45, 2.75) is 32.6 Å². The standard InChI is InChI=1S/C15H24N6O2/c1-4-21(11-9-22-15(2,3)23-10-11)14-17-12(19-5-6-19)16-13(18-14)20-7-8-20/h11H,4-10H2,1-3H3.